The molecular weight excluding hydrogens is 1140 g/mol. The number of esters is 1. The van der Waals surface area contributed by atoms with E-state index < -0.39 is 90.0 Å². The maximum atomic E-state index is 14.9. The number of methoxy groups -OCH3 is 3. The number of benzene rings is 1. The highest BCUT2D eigenvalue weighted by atomic mass is 16.5. The first kappa shape index (κ1) is 76.7. The first-order valence-electron chi connectivity index (χ1n) is 32.0. The van der Waals surface area contributed by atoms with Gasteiger partial charge in [-0.05, 0) is 88.2 Å². The molecule has 0 bridgehead atoms. The lowest BCUT2D eigenvalue weighted by molar-refractivity contribution is -0.149. The number of nitrogens with one attached hydrogen (secondary N) is 4. The van der Waals surface area contributed by atoms with E-state index in [1.54, 1.807) is 51.6 Å². The van der Waals surface area contributed by atoms with Crippen LogP contribution in [0.25, 0.3) is 0 Å². The van der Waals surface area contributed by atoms with E-state index in [4.69, 9.17) is 19.9 Å². The van der Waals surface area contributed by atoms with E-state index in [-0.39, 0.29) is 117 Å². The average molecular weight is 1250 g/mol. The smallest absolute Gasteiger partial charge is 0.312 e. The first-order chi connectivity index (χ1) is 42.0. The van der Waals surface area contributed by atoms with Crippen LogP contribution in [0.15, 0.2) is 42.5 Å². The predicted molar refractivity (Wildman–Crippen MR) is 338 cm³/mol. The van der Waals surface area contributed by atoms with E-state index in [0.29, 0.717) is 57.9 Å². The Bertz CT molecular complexity index is 2530. The Labute approximate surface area is 528 Å². The van der Waals surface area contributed by atoms with Gasteiger partial charge in [0.1, 0.15) is 11.8 Å². The second-order valence-corrected chi connectivity index (χ2v) is 25.5. The number of nitrogens with zero attached hydrogens (tertiary/aromatic N) is 4. The quantitative estimate of drug-likeness (QED) is 0.0322. The third kappa shape index (κ3) is 23.6. The second-order valence-electron chi connectivity index (χ2n) is 25.5. The van der Waals surface area contributed by atoms with Crippen molar-refractivity contribution in [3.05, 3.63) is 48.0 Å². The molecule has 89 heavy (non-hydrogen) atoms. The summed E-state index contributed by atoms with van der Waals surface area (Å²) in [7, 11) is 7.78. The fourth-order valence-corrected chi connectivity index (χ4v) is 12.5. The van der Waals surface area contributed by atoms with Gasteiger partial charge in [0.05, 0.1) is 55.8 Å². The Morgan fingerprint density at radius 2 is 1.35 bits per heavy atom. The summed E-state index contributed by atoms with van der Waals surface area (Å²) in [5, 5.41) is 11.5. The number of carbonyl (C=O) groups excluding carboxylic acids is 11. The highest BCUT2D eigenvalue weighted by molar-refractivity contribution is 6.12. The van der Waals surface area contributed by atoms with E-state index in [1.165, 1.54) is 33.5 Å². The number of nitrogens with two attached hydrogens (primary N) is 1. The first-order valence-corrected chi connectivity index (χ1v) is 32.0. The Morgan fingerprint density at radius 1 is 0.719 bits per heavy atom. The zero-order valence-electron chi connectivity index (χ0n) is 55.8. The zero-order chi connectivity index (χ0) is 66.8. The van der Waals surface area contributed by atoms with Crippen molar-refractivity contribution in [2.45, 2.75) is 201 Å². The van der Waals surface area contributed by atoms with Crippen LogP contribution in [0.1, 0.15) is 152 Å². The van der Waals surface area contributed by atoms with Gasteiger partial charge in [0, 0.05) is 96.7 Å². The molecule has 2 heterocycles. The van der Waals surface area contributed by atoms with Gasteiger partial charge in [0.2, 0.25) is 29.5 Å². The SMILES string of the molecule is CC[C@H](C)[C@@H]([C@@H](CC(=O)N1CCC[C@H]1[C@H](OC)[C@@H](C)C(=O)C[C@@H](Cc1ccccc1)C(=O)OC)OC)N(C)C(=O)[C@@H](NC(=O)[C@H](C(C)C)N(C)C[C@@H](C)NC(=O)C(CCCNC(N)=O)CC(=O)[C@@H](NC(=O)CCCCCN1C(=O)C=CC1=O)C(C)C)C(C)C. The molecule has 23 heteroatoms. The number of ketones is 2. The van der Waals surface area contributed by atoms with Crippen LogP contribution in [0.3, 0.4) is 0 Å². The highest BCUT2D eigenvalue weighted by Crippen LogP contribution is 2.31. The molecule has 1 aromatic rings. The molecule has 2 aliphatic rings. The molecule has 0 spiro atoms. The van der Waals surface area contributed by atoms with Crippen LogP contribution in [-0.4, -0.2) is 195 Å². The maximum absolute atomic E-state index is 14.9. The van der Waals surface area contributed by atoms with E-state index in [2.05, 4.69) is 21.3 Å². The summed E-state index contributed by atoms with van der Waals surface area (Å²) < 4.78 is 17.2. The van der Waals surface area contributed by atoms with Gasteiger partial charge < -0.3 is 51.0 Å². The monoisotopic (exact) mass is 1250 g/mol. The topological polar surface area (TPSA) is 303 Å². The molecule has 0 saturated carbocycles. The van der Waals surface area contributed by atoms with Crippen molar-refractivity contribution in [1.29, 1.82) is 0 Å². The number of hydrogen-bond donors (Lipinski definition) is 5. The van der Waals surface area contributed by atoms with Gasteiger partial charge >= 0.3 is 12.0 Å². The molecule has 12 atom stereocenters. The van der Waals surface area contributed by atoms with Crippen LogP contribution >= 0.6 is 0 Å². The van der Waals surface area contributed by atoms with Crippen molar-refractivity contribution in [1.82, 2.24) is 40.9 Å². The van der Waals surface area contributed by atoms with Crippen molar-refractivity contribution in [2.75, 3.05) is 61.6 Å². The number of unbranched alkanes of at least 4 members (excludes halogenated alkanes) is 2. The standard InChI is InChI=1S/C66H107N9O14/c1-16-43(8)60(52(87-13)38-56(81)74-34-24-28-49(74)61(88-14)45(10)50(76)37-48(65(85)89-15)35-46-25-19-17-20-26-46)73(12)64(84)58(41(4)5)71-63(83)59(42(6)7)72(11)39-44(9)69-62(82)47(27-23-32-68-66(67)86)36-51(77)57(40(2)3)70-53(78)29-21-18-22-33-75-54(79)30-31-55(75)80/h17,19-20,25-26,30-31,40-45,47-49,52,57-61H,16,18,21-24,27-29,32-39H2,1-15H3,(H,69,82)(H,70,78)(H,71,83)(H3,67,68,86)/t43-,44+,45-,47?,48+,49-,52+,57-,58-,59-,60-,61+/m0/s1. The Hall–Kier alpha value is -6.59. The fraction of sp³-hybridized carbons (Fsp3) is 0.712. The Balaban J connectivity index is 1.73. The van der Waals surface area contributed by atoms with E-state index in [9.17, 15) is 52.7 Å². The number of primary amides is 1. The average Bonchev–Trinajstić information content (AvgIpc) is 3.21. The molecule has 1 saturated heterocycles. The molecule has 0 radical (unpaired) electrons. The van der Waals surface area contributed by atoms with Crippen molar-refractivity contribution in [3.8, 4) is 0 Å². The highest BCUT2D eigenvalue weighted by Gasteiger charge is 2.44. The lowest BCUT2D eigenvalue weighted by Crippen LogP contribution is -2.60. The van der Waals surface area contributed by atoms with Crippen molar-refractivity contribution < 1.29 is 67.0 Å². The van der Waals surface area contributed by atoms with Crippen LogP contribution in [0.4, 0.5) is 4.79 Å². The number of likely N-dealkylation sites (N-methyl/N-ethyl adjacent to an activating group) is 2. The van der Waals surface area contributed by atoms with Gasteiger partial charge in [-0.1, -0.05) is 105 Å². The normalized spacial score (nSPS) is 17.9. The predicted octanol–water partition coefficient (Wildman–Crippen LogP) is 5.15. The molecule has 6 N–H and O–H groups in total. The van der Waals surface area contributed by atoms with Crippen molar-refractivity contribution >= 4 is 64.9 Å². The summed E-state index contributed by atoms with van der Waals surface area (Å²) in [5.74, 6) is -6.78. The van der Waals surface area contributed by atoms with Gasteiger partial charge in [-0.15, -0.1) is 0 Å². The molecule has 0 aliphatic carbocycles. The second kappa shape index (κ2) is 38.2. The molecule has 1 fully saturated rings. The van der Waals surface area contributed by atoms with E-state index >= 15 is 0 Å². The van der Waals surface area contributed by atoms with Crippen LogP contribution in [0.2, 0.25) is 0 Å². The van der Waals surface area contributed by atoms with Gasteiger partial charge in [-0.2, -0.15) is 0 Å². The molecule has 0 aromatic heterocycles. The van der Waals surface area contributed by atoms with Gasteiger partial charge in [-0.25, -0.2) is 4.79 Å². The number of carbonyl (C=O) groups is 11. The fourth-order valence-electron chi connectivity index (χ4n) is 12.5. The summed E-state index contributed by atoms with van der Waals surface area (Å²) in [4.78, 5) is 154. The van der Waals surface area contributed by atoms with Crippen molar-refractivity contribution in [2.24, 2.45) is 47.2 Å². The Morgan fingerprint density at radius 3 is 1.91 bits per heavy atom. The van der Waals surface area contributed by atoms with Crippen LogP contribution in [0.5, 0.6) is 0 Å². The van der Waals surface area contributed by atoms with Crippen molar-refractivity contribution in [3.63, 3.8) is 0 Å². The maximum Gasteiger partial charge on any atom is 0.312 e. The minimum absolute atomic E-state index is 0.0572. The molecular formula is C66H107N9O14. The number of likely N-dealkylation sites (tertiary alicyclic amines) is 1. The van der Waals surface area contributed by atoms with Gasteiger partial charge in [-0.3, -0.25) is 57.7 Å². The molecule has 9 amide bonds. The van der Waals surface area contributed by atoms with Crippen LogP contribution in [0, 0.1) is 41.4 Å². The number of amides is 9. The molecule has 1 unspecified atom stereocenters. The molecule has 500 valence electrons. The lowest BCUT2D eigenvalue weighted by Gasteiger charge is -2.41. The number of urea groups is 1. The summed E-state index contributed by atoms with van der Waals surface area (Å²) in [5.41, 5.74) is 6.20. The van der Waals surface area contributed by atoms with Gasteiger partial charge in [0.15, 0.2) is 5.78 Å². The minimum Gasteiger partial charge on any atom is -0.469 e. The summed E-state index contributed by atoms with van der Waals surface area (Å²) in [6.45, 7) is 19.6. The number of Topliss-reactive ketones (excluding diaryl/α,β-unsaturated/α-hetero) is 2. The van der Waals surface area contributed by atoms with E-state index in [1.807, 2.05) is 76.8 Å². The number of imide groups is 1. The minimum atomic E-state index is -0.986. The van der Waals surface area contributed by atoms with Crippen LogP contribution in [-0.2, 0) is 68.6 Å². The third-order valence-corrected chi connectivity index (χ3v) is 17.6. The zero-order valence-corrected chi connectivity index (χ0v) is 55.8. The van der Waals surface area contributed by atoms with Gasteiger partial charge in [0.25, 0.3) is 11.8 Å². The number of hydrogen-bond acceptors (Lipinski definition) is 15. The molecule has 23 nitrogen and oxygen atoms in total. The number of ether oxygens (including phenoxy) is 3. The number of rotatable bonds is 41. The van der Waals surface area contributed by atoms with Crippen LogP contribution < -0.4 is 27.0 Å². The largest absolute Gasteiger partial charge is 0.469 e. The summed E-state index contributed by atoms with van der Waals surface area (Å²) in [6.07, 6.45) is 5.15. The Kier molecular flexibility index (Phi) is 32.9. The molecule has 3 rings (SSSR count). The molecule has 1 aromatic carbocycles. The van der Waals surface area contributed by atoms with E-state index in [0.717, 1.165) is 10.5 Å². The third-order valence-electron chi connectivity index (χ3n) is 17.6. The summed E-state index contributed by atoms with van der Waals surface area (Å²) in [6, 6.07) is 4.48. The summed E-state index contributed by atoms with van der Waals surface area (Å²) >= 11 is 0. The molecule has 2 aliphatic heterocycles. The lowest BCUT2D eigenvalue weighted by atomic mass is 9.85.